The molecule has 0 bridgehead atoms. The molecule has 1 saturated heterocycles. The topological polar surface area (TPSA) is 101 Å². The van der Waals surface area contributed by atoms with E-state index in [1.165, 1.54) is 0 Å². The molecule has 0 saturated carbocycles. The van der Waals surface area contributed by atoms with E-state index in [0.717, 1.165) is 11.1 Å². The summed E-state index contributed by atoms with van der Waals surface area (Å²) in [7, 11) is 0. The molecule has 1 N–H and O–H groups in total. The Bertz CT molecular complexity index is 958. The molecule has 2 aromatic heterocycles. The van der Waals surface area contributed by atoms with E-state index >= 15 is 0 Å². The highest BCUT2D eigenvalue weighted by Gasteiger charge is 2.34. The molecule has 1 aromatic carbocycles. The van der Waals surface area contributed by atoms with Gasteiger partial charge in [-0.15, -0.1) is 0 Å². The van der Waals surface area contributed by atoms with Crippen LogP contribution in [0.15, 0.2) is 59.4 Å². The molecule has 3 aromatic rings. The summed E-state index contributed by atoms with van der Waals surface area (Å²) in [5, 5.41) is 6.69. The SMILES string of the molecule is O=C(NCc1noc(-c2ccccc2)n1)[C@@H]1CC(=O)N(Cc2ccncc2)C1. The van der Waals surface area contributed by atoms with E-state index in [1.54, 1.807) is 17.3 Å². The number of nitrogens with one attached hydrogen (secondary N) is 1. The van der Waals surface area contributed by atoms with Crippen LogP contribution in [0, 0.1) is 5.92 Å². The van der Waals surface area contributed by atoms with Gasteiger partial charge in [0.25, 0.3) is 5.89 Å². The van der Waals surface area contributed by atoms with Gasteiger partial charge in [0.1, 0.15) is 0 Å². The number of hydrogen-bond donors (Lipinski definition) is 1. The number of aromatic nitrogens is 3. The second-order valence-corrected chi connectivity index (χ2v) is 6.63. The summed E-state index contributed by atoms with van der Waals surface area (Å²) in [6.07, 6.45) is 3.59. The Morgan fingerprint density at radius 2 is 1.96 bits per heavy atom. The van der Waals surface area contributed by atoms with Gasteiger partial charge in [0.15, 0.2) is 5.82 Å². The van der Waals surface area contributed by atoms with Crippen molar-refractivity contribution >= 4 is 11.8 Å². The third-order valence-electron chi connectivity index (χ3n) is 4.62. The van der Waals surface area contributed by atoms with Crippen LogP contribution in [0.25, 0.3) is 11.5 Å². The molecule has 8 nitrogen and oxygen atoms in total. The molecule has 0 aliphatic carbocycles. The van der Waals surface area contributed by atoms with Crippen molar-refractivity contribution in [3.05, 3.63) is 66.2 Å². The predicted octanol–water partition coefficient (Wildman–Crippen LogP) is 1.80. The van der Waals surface area contributed by atoms with Gasteiger partial charge in [-0.2, -0.15) is 4.98 Å². The molecule has 0 spiro atoms. The Hall–Kier alpha value is -3.55. The quantitative estimate of drug-likeness (QED) is 0.703. The molecule has 2 amide bonds. The van der Waals surface area contributed by atoms with Gasteiger partial charge < -0.3 is 14.7 Å². The average molecular weight is 377 g/mol. The molecule has 1 aliphatic rings. The summed E-state index contributed by atoms with van der Waals surface area (Å²) >= 11 is 0. The molecule has 28 heavy (non-hydrogen) atoms. The van der Waals surface area contributed by atoms with Crippen LogP contribution < -0.4 is 5.32 Å². The largest absolute Gasteiger partial charge is 0.348 e. The Balaban J connectivity index is 1.31. The van der Waals surface area contributed by atoms with Gasteiger partial charge in [-0.1, -0.05) is 23.4 Å². The fraction of sp³-hybridized carbons (Fsp3) is 0.250. The molecule has 3 heterocycles. The lowest BCUT2D eigenvalue weighted by molar-refractivity contribution is -0.129. The first-order valence-corrected chi connectivity index (χ1v) is 9.01. The van der Waals surface area contributed by atoms with E-state index in [9.17, 15) is 9.59 Å². The lowest BCUT2D eigenvalue weighted by atomic mass is 10.1. The first kappa shape index (κ1) is 17.8. The third kappa shape index (κ3) is 4.06. The van der Waals surface area contributed by atoms with Crippen molar-refractivity contribution in [2.45, 2.75) is 19.5 Å². The number of pyridine rings is 1. The van der Waals surface area contributed by atoms with Crippen molar-refractivity contribution in [3.8, 4) is 11.5 Å². The summed E-state index contributed by atoms with van der Waals surface area (Å²) in [5.41, 5.74) is 1.81. The summed E-state index contributed by atoms with van der Waals surface area (Å²) < 4.78 is 5.23. The monoisotopic (exact) mass is 377 g/mol. The Labute approximate surface area is 161 Å². The van der Waals surface area contributed by atoms with E-state index < -0.39 is 0 Å². The van der Waals surface area contributed by atoms with Gasteiger partial charge in [0.2, 0.25) is 11.8 Å². The highest BCUT2D eigenvalue weighted by Crippen LogP contribution is 2.20. The molecule has 0 unspecified atom stereocenters. The van der Waals surface area contributed by atoms with Gasteiger partial charge in [0, 0.05) is 37.5 Å². The fourth-order valence-electron chi connectivity index (χ4n) is 3.14. The minimum absolute atomic E-state index is 0.0251. The number of hydrogen-bond acceptors (Lipinski definition) is 6. The van der Waals surface area contributed by atoms with Crippen LogP contribution in [0.2, 0.25) is 0 Å². The third-order valence-corrected chi connectivity index (χ3v) is 4.62. The molecule has 8 heteroatoms. The Morgan fingerprint density at radius 3 is 2.75 bits per heavy atom. The highest BCUT2D eigenvalue weighted by molar-refractivity contribution is 5.89. The Morgan fingerprint density at radius 1 is 1.18 bits per heavy atom. The molecule has 1 atom stereocenters. The normalized spacial score (nSPS) is 16.4. The first-order valence-electron chi connectivity index (χ1n) is 9.01. The lowest BCUT2D eigenvalue weighted by Crippen LogP contribution is -2.32. The Kier molecular flexibility index (Phi) is 5.09. The van der Waals surface area contributed by atoms with Crippen molar-refractivity contribution in [1.82, 2.24) is 25.3 Å². The van der Waals surface area contributed by atoms with E-state index in [0.29, 0.717) is 24.8 Å². The number of likely N-dealkylation sites (tertiary alicyclic amines) is 1. The van der Waals surface area contributed by atoms with Crippen molar-refractivity contribution in [3.63, 3.8) is 0 Å². The second kappa shape index (κ2) is 7.99. The van der Waals surface area contributed by atoms with Gasteiger partial charge in [-0.25, -0.2) is 0 Å². The number of carbonyl (C=O) groups excluding carboxylic acids is 2. The number of rotatable bonds is 6. The molecule has 0 radical (unpaired) electrons. The summed E-state index contributed by atoms with van der Waals surface area (Å²) in [6.45, 7) is 1.04. The van der Waals surface area contributed by atoms with Crippen molar-refractivity contribution in [2.24, 2.45) is 5.92 Å². The summed E-state index contributed by atoms with van der Waals surface area (Å²) in [5.74, 6) is 0.212. The van der Waals surface area contributed by atoms with Crippen LogP contribution in [0.1, 0.15) is 17.8 Å². The van der Waals surface area contributed by atoms with Gasteiger partial charge in [-0.05, 0) is 29.8 Å². The van der Waals surface area contributed by atoms with E-state index in [4.69, 9.17) is 4.52 Å². The summed E-state index contributed by atoms with van der Waals surface area (Å²) in [4.78, 5) is 34.6. The zero-order valence-electron chi connectivity index (χ0n) is 15.1. The van der Waals surface area contributed by atoms with Crippen molar-refractivity contribution < 1.29 is 14.1 Å². The zero-order valence-corrected chi connectivity index (χ0v) is 15.1. The predicted molar refractivity (Wildman–Crippen MR) is 99.3 cm³/mol. The van der Waals surface area contributed by atoms with Gasteiger partial charge >= 0.3 is 0 Å². The number of benzene rings is 1. The fourth-order valence-corrected chi connectivity index (χ4v) is 3.14. The average Bonchev–Trinajstić information content (AvgIpc) is 3.35. The van der Waals surface area contributed by atoms with E-state index in [1.807, 2.05) is 42.5 Å². The molecule has 1 fully saturated rings. The van der Waals surface area contributed by atoms with Crippen LogP contribution in [-0.2, 0) is 22.7 Å². The van der Waals surface area contributed by atoms with Crippen LogP contribution in [0.5, 0.6) is 0 Å². The zero-order chi connectivity index (χ0) is 19.3. The van der Waals surface area contributed by atoms with Gasteiger partial charge in [0.05, 0.1) is 12.5 Å². The standard InChI is InChI=1S/C20H19N5O3/c26-18-10-16(13-25(18)12-14-6-8-21-9-7-14)19(27)22-11-17-23-20(28-24-17)15-4-2-1-3-5-15/h1-9,16H,10-13H2,(H,22,27)/t16-/m1/s1. The van der Waals surface area contributed by atoms with Gasteiger partial charge in [-0.3, -0.25) is 14.6 Å². The minimum atomic E-state index is -0.380. The number of carbonyl (C=O) groups is 2. The molecule has 1 aliphatic heterocycles. The molecular weight excluding hydrogens is 358 g/mol. The second-order valence-electron chi connectivity index (χ2n) is 6.63. The smallest absolute Gasteiger partial charge is 0.257 e. The lowest BCUT2D eigenvalue weighted by Gasteiger charge is -2.16. The molecule has 142 valence electrons. The van der Waals surface area contributed by atoms with Crippen LogP contribution >= 0.6 is 0 Å². The maximum absolute atomic E-state index is 12.5. The first-order chi connectivity index (χ1) is 13.7. The van der Waals surface area contributed by atoms with Crippen LogP contribution in [0.4, 0.5) is 0 Å². The summed E-state index contributed by atoms with van der Waals surface area (Å²) in [6, 6.07) is 13.1. The number of nitrogens with zero attached hydrogens (tertiary/aromatic N) is 4. The highest BCUT2D eigenvalue weighted by atomic mass is 16.5. The van der Waals surface area contributed by atoms with E-state index in [2.05, 4.69) is 20.4 Å². The minimum Gasteiger partial charge on any atom is -0.348 e. The molecule has 4 rings (SSSR count). The molecular formula is C20H19N5O3. The van der Waals surface area contributed by atoms with Crippen LogP contribution in [-0.4, -0.2) is 38.4 Å². The maximum atomic E-state index is 12.5. The van der Waals surface area contributed by atoms with Crippen molar-refractivity contribution in [1.29, 1.82) is 0 Å². The van der Waals surface area contributed by atoms with Crippen molar-refractivity contribution in [2.75, 3.05) is 6.54 Å². The van der Waals surface area contributed by atoms with E-state index in [-0.39, 0.29) is 30.7 Å². The number of amides is 2. The van der Waals surface area contributed by atoms with Crippen LogP contribution in [0.3, 0.4) is 0 Å². The maximum Gasteiger partial charge on any atom is 0.257 e.